The summed E-state index contributed by atoms with van der Waals surface area (Å²) in [6, 6.07) is 0.533. The number of hydrogen-bond acceptors (Lipinski definition) is 3. The van der Waals surface area contributed by atoms with Crippen LogP contribution in [0, 0.1) is 5.92 Å². The molecule has 4 heteroatoms. The number of nitrogens with one attached hydrogen (secondary N) is 1. The van der Waals surface area contributed by atoms with Gasteiger partial charge in [-0.2, -0.15) is 0 Å². The Hall–Kier alpha value is -0.610. The highest BCUT2D eigenvalue weighted by Crippen LogP contribution is 2.36. The fourth-order valence-corrected chi connectivity index (χ4v) is 3.25. The van der Waals surface area contributed by atoms with Crippen LogP contribution in [0.4, 0.5) is 0 Å². The van der Waals surface area contributed by atoms with E-state index < -0.39 is 5.54 Å². The predicted octanol–water partition coefficient (Wildman–Crippen LogP) is 1.10. The molecule has 0 aromatic carbocycles. The van der Waals surface area contributed by atoms with Crippen molar-refractivity contribution in [2.24, 2.45) is 11.7 Å². The van der Waals surface area contributed by atoms with Gasteiger partial charge in [0.15, 0.2) is 0 Å². The summed E-state index contributed by atoms with van der Waals surface area (Å²) in [4.78, 5) is 14.3. The predicted molar refractivity (Wildman–Crippen MR) is 73.2 cm³/mol. The lowest BCUT2D eigenvalue weighted by molar-refractivity contribution is -0.124. The van der Waals surface area contributed by atoms with E-state index in [1.807, 2.05) is 7.05 Å². The molecule has 0 bridgehead atoms. The van der Waals surface area contributed by atoms with Crippen molar-refractivity contribution in [3.63, 3.8) is 0 Å². The van der Waals surface area contributed by atoms with E-state index in [4.69, 9.17) is 5.73 Å². The van der Waals surface area contributed by atoms with Crippen molar-refractivity contribution in [3.8, 4) is 0 Å². The molecule has 2 aliphatic rings. The second-order valence-electron chi connectivity index (χ2n) is 6.03. The van der Waals surface area contributed by atoms with E-state index in [0.29, 0.717) is 6.04 Å². The highest BCUT2D eigenvalue weighted by Gasteiger charge is 2.44. The first-order chi connectivity index (χ1) is 8.61. The molecule has 2 aliphatic carbocycles. The molecular formula is C14H27N3O. The van der Waals surface area contributed by atoms with Gasteiger partial charge >= 0.3 is 0 Å². The van der Waals surface area contributed by atoms with Crippen molar-refractivity contribution in [2.45, 2.75) is 57.0 Å². The molecule has 0 spiro atoms. The summed E-state index contributed by atoms with van der Waals surface area (Å²) in [6.45, 7) is 4.60. The van der Waals surface area contributed by atoms with Crippen LogP contribution in [0.25, 0.3) is 0 Å². The molecule has 0 heterocycles. The maximum atomic E-state index is 11.7. The lowest BCUT2D eigenvalue weighted by Crippen LogP contribution is -2.53. The van der Waals surface area contributed by atoms with Crippen LogP contribution in [0.15, 0.2) is 0 Å². The minimum atomic E-state index is -0.458. The molecule has 0 aromatic rings. The zero-order chi connectivity index (χ0) is 13.2. The molecule has 3 N–H and O–H groups in total. The fourth-order valence-electron chi connectivity index (χ4n) is 3.25. The molecule has 1 amide bonds. The second kappa shape index (κ2) is 5.57. The molecule has 104 valence electrons. The van der Waals surface area contributed by atoms with E-state index in [9.17, 15) is 4.79 Å². The average molecular weight is 253 g/mol. The number of primary amides is 1. The Bertz CT molecular complexity index is 303. The quantitative estimate of drug-likeness (QED) is 0.714. The molecule has 2 fully saturated rings. The van der Waals surface area contributed by atoms with Crippen LogP contribution >= 0.6 is 0 Å². The summed E-state index contributed by atoms with van der Waals surface area (Å²) >= 11 is 0. The Labute approximate surface area is 110 Å². The van der Waals surface area contributed by atoms with Crippen molar-refractivity contribution < 1.29 is 4.79 Å². The van der Waals surface area contributed by atoms with Crippen molar-refractivity contribution in [1.82, 2.24) is 10.2 Å². The number of carbonyl (C=O) groups excluding carboxylic acids is 1. The van der Waals surface area contributed by atoms with Gasteiger partial charge in [-0.05, 0) is 58.0 Å². The number of nitrogens with two attached hydrogens (primary N) is 1. The summed E-state index contributed by atoms with van der Waals surface area (Å²) in [5.41, 5.74) is 5.12. The van der Waals surface area contributed by atoms with Gasteiger partial charge in [0.1, 0.15) is 0 Å². The zero-order valence-corrected chi connectivity index (χ0v) is 11.7. The molecule has 0 saturated heterocycles. The van der Waals surface area contributed by atoms with Gasteiger partial charge in [0.25, 0.3) is 0 Å². The third-order valence-electron chi connectivity index (χ3n) is 4.66. The maximum absolute atomic E-state index is 11.7. The Balaban J connectivity index is 1.97. The van der Waals surface area contributed by atoms with Gasteiger partial charge in [0.05, 0.1) is 5.54 Å². The molecule has 0 aliphatic heterocycles. The second-order valence-corrected chi connectivity index (χ2v) is 6.03. The monoisotopic (exact) mass is 253 g/mol. The zero-order valence-electron chi connectivity index (χ0n) is 11.7. The first kappa shape index (κ1) is 13.8. The number of rotatable bonds is 7. The van der Waals surface area contributed by atoms with Crippen LogP contribution in [-0.4, -0.2) is 42.5 Å². The van der Waals surface area contributed by atoms with Crippen LogP contribution in [-0.2, 0) is 4.79 Å². The fraction of sp³-hybridized carbons (Fsp3) is 0.929. The van der Waals surface area contributed by atoms with Crippen LogP contribution in [0.3, 0.4) is 0 Å². The smallest absolute Gasteiger partial charge is 0.237 e. The molecule has 4 nitrogen and oxygen atoms in total. The summed E-state index contributed by atoms with van der Waals surface area (Å²) in [7, 11) is 1.86. The molecule has 2 rings (SSSR count). The number of amides is 1. The van der Waals surface area contributed by atoms with Gasteiger partial charge in [0.2, 0.25) is 5.91 Å². The SMILES string of the molecule is CCCN(CC1CC1)C1CCC(NC)(C(N)=O)C1. The van der Waals surface area contributed by atoms with E-state index in [1.54, 1.807) is 0 Å². The van der Waals surface area contributed by atoms with Gasteiger partial charge in [-0.15, -0.1) is 0 Å². The van der Waals surface area contributed by atoms with Crippen molar-refractivity contribution in [3.05, 3.63) is 0 Å². The highest BCUT2D eigenvalue weighted by molar-refractivity contribution is 5.85. The van der Waals surface area contributed by atoms with Gasteiger partial charge < -0.3 is 16.0 Å². The minimum absolute atomic E-state index is 0.185. The number of carbonyl (C=O) groups is 1. The Morgan fingerprint density at radius 1 is 1.44 bits per heavy atom. The Kier molecular flexibility index (Phi) is 4.28. The molecule has 0 aromatic heterocycles. The molecule has 18 heavy (non-hydrogen) atoms. The van der Waals surface area contributed by atoms with E-state index in [1.165, 1.54) is 25.8 Å². The third-order valence-corrected chi connectivity index (χ3v) is 4.66. The van der Waals surface area contributed by atoms with Gasteiger partial charge in [-0.25, -0.2) is 0 Å². The van der Waals surface area contributed by atoms with Gasteiger partial charge in [-0.1, -0.05) is 6.92 Å². The van der Waals surface area contributed by atoms with E-state index in [-0.39, 0.29) is 5.91 Å². The van der Waals surface area contributed by atoms with Crippen LogP contribution in [0.1, 0.15) is 45.4 Å². The van der Waals surface area contributed by atoms with Gasteiger partial charge in [0, 0.05) is 12.6 Å². The lowest BCUT2D eigenvalue weighted by atomic mass is 9.96. The maximum Gasteiger partial charge on any atom is 0.237 e. The summed E-state index contributed by atoms with van der Waals surface area (Å²) in [5.74, 6) is 0.727. The Morgan fingerprint density at radius 3 is 2.61 bits per heavy atom. The molecule has 2 atom stereocenters. The lowest BCUT2D eigenvalue weighted by Gasteiger charge is -2.31. The standard InChI is InChI=1S/C14H27N3O/c1-3-8-17(10-11-4-5-11)12-6-7-14(9-12,16-2)13(15)18/h11-12,16H,3-10H2,1-2H3,(H2,15,18). The number of hydrogen-bond donors (Lipinski definition) is 2. The molecule has 2 saturated carbocycles. The topological polar surface area (TPSA) is 58.4 Å². The van der Waals surface area contributed by atoms with E-state index in [2.05, 4.69) is 17.1 Å². The van der Waals surface area contributed by atoms with Crippen molar-refractivity contribution in [1.29, 1.82) is 0 Å². The normalized spacial score (nSPS) is 32.1. The van der Waals surface area contributed by atoms with Crippen LogP contribution in [0.2, 0.25) is 0 Å². The summed E-state index contributed by atoms with van der Waals surface area (Å²) in [5, 5.41) is 3.17. The van der Waals surface area contributed by atoms with Gasteiger partial charge in [-0.3, -0.25) is 4.79 Å². The van der Waals surface area contributed by atoms with Crippen molar-refractivity contribution in [2.75, 3.05) is 20.1 Å². The van der Waals surface area contributed by atoms with E-state index >= 15 is 0 Å². The van der Waals surface area contributed by atoms with Crippen LogP contribution < -0.4 is 11.1 Å². The Morgan fingerprint density at radius 2 is 2.17 bits per heavy atom. The summed E-state index contributed by atoms with van der Waals surface area (Å²) in [6.07, 6.45) is 6.82. The average Bonchev–Trinajstić information content (AvgIpc) is 3.05. The van der Waals surface area contributed by atoms with Crippen molar-refractivity contribution >= 4 is 5.91 Å². The molecular weight excluding hydrogens is 226 g/mol. The first-order valence-corrected chi connectivity index (χ1v) is 7.34. The first-order valence-electron chi connectivity index (χ1n) is 7.34. The molecule has 0 radical (unpaired) electrons. The largest absolute Gasteiger partial charge is 0.368 e. The minimum Gasteiger partial charge on any atom is -0.368 e. The van der Waals surface area contributed by atoms with E-state index in [0.717, 1.165) is 31.7 Å². The highest BCUT2D eigenvalue weighted by atomic mass is 16.1. The number of likely N-dealkylation sites (N-methyl/N-ethyl adjacent to an activating group) is 1. The molecule has 2 unspecified atom stereocenters. The summed E-state index contributed by atoms with van der Waals surface area (Å²) < 4.78 is 0. The third kappa shape index (κ3) is 2.86. The number of nitrogens with zero attached hydrogens (tertiary/aromatic N) is 1. The van der Waals surface area contributed by atoms with Crippen LogP contribution in [0.5, 0.6) is 0 Å².